The standard InChI is InChI=1S/C34H32O8/c1-38-28-16-14-27(20-30(28)39-2)21-32(34(36)37)42-33(35)18-15-24-13-17-29(40-22-25-9-5-3-6-10-25)31(19-24)41-23-26-11-7-4-8-12-26/h3-20,32H,21-23H2,1-2H3,(H,36,37). The molecule has 0 aromatic heterocycles. The van der Waals surface area contributed by atoms with Gasteiger partial charge in [0.2, 0.25) is 6.10 Å². The second kappa shape index (κ2) is 14.9. The molecule has 0 saturated heterocycles. The summed E-state index contributed by atoms with van der Waals surface area (Å²) >= 11 is 0. The molecule has 8 nitrogen and oxygen atoms in total. The molecule has 216 valence electrons. The molecule has 0 aliphatic rings. The highest BCUT2D eigenvalue weighted by atomic mass is 16.6. The van der Waals surface area contributed by atoms with Crippen molar-refractivity contribution in [2.75, 3.05) is 14.2 Å². The van der Waals surface area contributed by atoms with E-state index >= 15 is 0 Å². The molecule has 4 rings (SSSR count). The quantitative estimate of drug-likeness (QED) is 0.144. The zero-order valence-electron chi connectivity index (χ0n) is 23.4. The normalized spacial score (nSPS) is 11.5. The Labute approximate surface area is 244 Å². The number of hydrogen-bond acceptors (Lipinski definition) is 7. The molecule has 42 heavy (non-hydrogen) atoms. The molecule has 0 aliphatic heterocycles. The Morgan fingerprint density at radius 2 is 1.29 bits per heavy atom. The Morgan fingerprint density at radius 1 is 0.690 bits per heavy atom. The second-order valence-electron chi connectivity index (χ2n) is 9.25. The third-order valence-corrected chi connectivity index (χ3v) is 6.26. The maximum Gasteiger partial charge on any atom is 0.345 e. The van der Waals surface area contributed by atoms with Crippen molar-refractivity contribution in [3.63, 3.8) is 0 Å². The Kier molecular flexibility index (Phi) is 10.6. The van der Waals surface area contributed by atoms with Crippen LogP contribution in [0.15, 0.2) is 103 Å². The molecule has 1 atom stereocenters. The van der Waals surface area contributed by atoms with E-state index in [4.69, 9.17) is 23.7 Å². The van der Waals surface area contributed by atoms with Gasteiger partial charge in [-0.15, -0.1) is 0 Å². The molecule has 4 aromatic rings. The van der Waals surface area contributed by atoms with Gasteiger partial charge < -0.3 is 28.8 Å². The number of ether oxygens (including phenoxy) is 5. The molecular formula is C34H32O8. The van der Waals surface area contributed by atoms with Gasteiger partial charge in [-0.2, -0.15) is 0 Å². The van der Waals surface area contributed by atoms with E-state index in [0.29, 0.717) is 47.3 Å². The lowest BCUT2D eigenvalue weighted by atomic mass is 10.1. The van der Waals surface area contributed by atoms with Gasteiger partial charge in [0, 0.05) is 12.5 Å². The lowest BCUT2D eigenvalue weighted by Crippen LogP contribution is -2.28. The number of aliphatic carboxylic acids is 1. The van der Waals surface area contributed by atoms with Crippen molar-refractivity contribution < 1.29 is 38.4 Å². The van der Waals surface area contributed by atoms with Crippen molar-refractivity contribution >= 4 is 18.0 Å². The van der Waals surface area contributed by atoms with Crippen molar-refractivity contribution in [1.29, 1.82) is 0 Å². The van der Waals surface area contributed by atoms with Crippen molar-refractivity contribution in [1.82, 2.24) is 0 Å². The van der Waals surface area contributed by atoms with Crippen LogP contribution in [-0.2, 0) is 34.0 Å². The second-order valence-corrected chi connectivity index (χ2v) is 9.25. The summed E-state index contributed by atoms with van der Waals surface area (Å²) in [6, 6.07) is 29.8. The molecule has 0 bridgehead atoms. The molecule has 0 aliphatic carbocycles. The summed E-state index contributed by atoms with van der Waals surface area (Å²) in [7, 11) is 3.00. The van der Waals surface area contributed by atoms with Gasteiger partial charge in [0.25, 0.3) is 0 Å². The largest absolute Gasteiger partial charge is 0.493 e. The number of carbonyl (C=O) groups is 2. The molecule has 1 unspecified atom stereocenters. The van der Waals surface area contributed by atoms with Crippen molar-refractivity contribution in [2.45, 2.75) is 25.7 Å². The Balaban J connectivity index is 1.45. The summed E-state index contributed by atoms with van der Waals surface area (Å²) in [5, 5.41) is 9.66. The molecule has 0 fully saturated rings. The number of carboxylic acids is 1. The summed E-state index contributed by atoms with van der Waals surface area (Å²) in [4.78, 5) is 24.4. The van der Waals surface area contributed by atoms with Gasteiger partial charge in [0.15, 0.2) is 23.0 Å². The topological polar surface area (TPSA) is 101 Å². The first-order valence-electron chi connectivity index (χ1n) is 13.2. The monoisotopic (exact) mass is 568 g/mol. The smallest absolute Gasteiger partial charge is 0.345 e. The van der Waals surface area contributed by atoms with Gasteiger partial charge in [-0.3, -0.25) is 0 Å². The number of esters is 1. The summed E-state index contributed by atoms with van der Waals surface area (Å²) in [6.07, 6.45) is 1.29. The summed E-state index contributed by atoms with van der Waals surface area (Å²) in [5.41, 5.74) is 3.27. The van der Waals surface area contributed by atoms with Gasteiger partial charge >= 0.3 is 11.9 Å². The number of carbonyl (C=O) groups excluding carboxylic acids is 1. The Hall–Kier alpha value is -5.24. The van der Waals surface area contributed by atoms with Crippen LogP contribution in [-0.4, -0.2) is 37.4 Å². The molecular weight excluding hydrogens is 536 g/mol. The maximum absolute atomic E-state index is 12.6. The molecule has 0 amide bonds. The van der Waals surface area contributed by atoms with Crippen LogP contribution >= 0.6 is 0 Å². The number of carboxylic acid groups (broad SMARTS) is 1. The van der Waals surface area contributed by atoms with Gasteiger partial charge in [0.1, 0.15) is 13.2 Å². The minimum Gasteiger partial charge on any atom is -0.493 e. The fraction of sp³-hybridized carbons (Fsp3) is 0.176. The molecule has 0 radical (unpaired) electrons. The minimum atomic E-state index is -1.39. The van der Waals surface area contributed by atoms with Crippen LogP contribution in [0.1, 0.15) is 22.3 Å². The fourth-order valence-electron chi connectivity index (χ4n) is 4.08. The van der Waals surface area contributed by atoms with E-state index in [9.17, 15) is 14.7 Å². The Bertz CT molecular complexity index is 1500. The number of rotatable bonds is 14. The van der Waals surface area contributed by atoms with E-state index in [1.165, 1.54) is 26.4 Å². The van der Waals surface area contributed by atoms with Crippen LogP contribution in [0, 0.1) is 0 Å². The predicted molar refractivity (Wildman–Crippen MR) is 158 cm³/mol. The SMILES string of the molecule is COc1ccc(CC(OC(=O)C=Cc2ccc(OCc3ccccc3)c(OCc3ccccc3)c2)C(=O)O)cc1OC. The maximum atomic E-state index is 12.6. The molecule has 0 heterocycles. The highest BCUT2D eigenvalue weighted by Gasteiger charge is 2.22. The van der Waals surface area contributed by atoms with Crippen LogP contribution in [0.25, 0.3) is 6.08 Å². The van der Waals surface area contributed by atoms with Crippen LogP contribution in [0.5, 0.6) is 23.0 Å². The molecule has 8 heteroatoms. The first-order valence-corrected chi connectivity index (χ1v) is 13.2. The average Bonchev–Trinajstić information content (AvgIpc) is 3.02. The average molecular weight is 569 g/mol. The number of benzene rings is 4. The fourth-order valence-corrected chi connectivity index (χ4v) is 4.08. The first-order chi connectivity index (χ1) is 20.4. The van der Waals surface area contributed by atoms with Gasteiger partial charge in [-0.1, -0.05) is 72.8 Å². The first kappa shape index (κ1) is 29.7. The van der Waals surface area contributed by atoms with Crippen molar-refractivity contribution in [2.24, 2.45) is 0 Å². The summed E-state index contributed by atoms with van der Waals surface area (Å²) in [5.74, 6) is -0.0388. The van der Waals surface area contributed by atoms with E-state index in [2.05, 4.69) is 0 Å². The predicted octanol–water partition coefficient (Wildman–Crippen LogP) is 6.11. The van der Waals surface area contributed by atoms with Gasteiger partial charge in [-0.25, -0.2) is 9.59 Å². The van der Waals surface area contributed by atoms with Crippen molar-refractivity contribution in [3.8, 4) is 23.0 Å². The zero-order chi connectivity index (χ0) is 29.7. The van der Waals surface area contributed by atoms with Gasteiger partial charge in [-0.05, 0) is 52.6 Å². The zero-order valence-corrected chi connectivity index (χ0v) is 23.4. The Morgan fingerprint density at radius 3 is 1.88 bits per heavy atom. The molecule has 0 saturated carbocycles. The van der Waals surface area contributed by atoms with E-state index in [1.54, 1.807) is 36.4 Å². The van der Waals surface area contributed by atoms with Crippen LogP contribution in [0.3, 0.4) is 0 Å². The van der Waals surface area contributed by atoms with E-state index in [1.807, 2.05) is 60.7 Å². The summed E-state index contributed by atoms with van der Waals surface area (Å²) < 4.78 is 27.9. The molecule has 0 spiro atoms. The lowest BCUT2D eigenvalue weighted by Gasteiger charge is -2.15. The third kappa shape index (κ3) is 8.63. The lowest BCUT2D eigenvalue weighted by molar-refractivity contribution is -0.160. The molecule has 4 aromatic carbocycles. The molecule has 1 N–H and O–H groups in total. The number of hydrogen-bond donors (Lipinski definition) is 1. The van der Waals surface area contributed by atoms with Gasteiger partial charge in [0.05, 0.1) is 14.2 Å². The minimum absolute atomic E-state index is 0.0415. The highest BCUT2D eigenvalue weighted by Crippen LogP contribution is 2.31. The number of methoxy groups -OCH3 is 2. The van der Waals surface area contributed by atoms with Crippen LogP contribution in [0.4, 0.5) is 0 Å². The van der Waals surface area contributed by atoms with E-state index < -0.39 is 18.0 Å². The van der Waals surface area contributed by atoms with Crippen LogP contribution < -0.4 is 18.9 Å². The van der Waals surface area contributed by atoms with Crippen molar-refractivity contribution in [3.05, 3.63) is 125 Å². The summed E-state index contributed by atoms with van der Waals surface area (Å²) in [6.45, 7) is 0.689. The van der Waals surface area contributed by atoms with E-state index in [0.717, 1.165) is 11.1 Å². The van der Waals surface area contributed by atoms with E-state index in [-0.39, 0.29) is 6.42 Å². The highest BCUT2D eigenvalue weighted by molar-refractivity contribution is 5.89. The van der Waals surface area contributed by atoms with Crippen LogP contribution in [0.2, 0.25) is 0 Å². The third-order valence-electron chi connectivity index (χ3n) is 6.26.